The molecule has 8 nitrogen and oxygen atoms in total. The third-order valence-electron chi connectivity index (χ3n) is 7.11. The number of hydrogen-bond acceptors (Lipinski definition) is 6. The maximum Gasteiger partial charge on any atom is 0.335 e. The number of rotatable bonds is 10. The minimum Gasteiger partial charge on any atom is -0.490 e. The van der Waals surface area contributed by atoms with Crippen LogP contribution in [0.4, 0.5) is 10.5 Å². The fourth-order valence-electron chi connectivity index (χ4n) is 4.64. The zero-order chi connectivity index (χ0) is 32.1. The Hall–Kier alpha value is -4.41. The van der Waals surface area contributed by atoms with Gasteiger partial charge in [0.25, 0.3) is 11.8 Å². The van der Waals surface area contributed by atoms with Gasteiger partial charge in [0.15, 0.2) is 11.5 Å². The minimum absolute atomic E-state index is 0.168. The number of hydrogen-bond donors (Lipinski definition) is 1. The Balaban J connectivity index is 1.32. The van der Waals surface area contributed by atoms with Crippen LogP contribution in [0.1, 0.15) is 34.7 Å². The largest absolute Gasteiger partial charge is 0.490 e. The summed E-state index contributed by atoms with van der Waals surface area (Å²) in [7, 11) is 0. The molecule has 0 aromatic heterocycles. The van der Waals surface area contributed by atoms with Gasteiger partial charge in [0, 0.05) is 0 Å². The molecule has 4 aromatic carbocycles. The number of ether oxygens (including phenoxy) is 3. The van der Waals surface area contributed by atoms with E-state index in [1.807, 2.05) is 75.4 Å². The lowest BCUT2D eigenvalue weighted by Gasteiger charge is -2.27. The van der Waals surface area contributed by atoms with Gasteiger partial charge in [-0.1, -0.05) is 42.5 Å². The summed E-state index contributed by atoms with van der Waals surface area (Å²) < 4.78 is 19.2. The van der Waals surface area contributed by atoms with Gasteiger partial charge in [-0.3, -0.25) is 14.9 Å². The molecule has 4 aromatic rings. The number of amides is 4. The van der Waals surface area contributed by atoms with Crippen LogP contribution in [0, 0.1) is 13.8 Å². The van der Waals surface area contributed by atoms with Gasteiger partial charge in [0.2, 0.25) is 0 Å². The molecular formula is C35H30Br2N2O6. The Morgan fingerprint density at radius 3 is 2.16 bits per heavy atom. The van der Waals surface area contributed by atoms with Crippen molar-refractivity contribution in [1.82, 2.24) is 5.32 Å². The molecule has 1 heterocycles. The van der Waals surface area contributed by atoms with Crippen molar-refractivity contribution in [2.45, 2.75) is 34.0 Å². The van der Waals surface area contributed by atoms with Gasteiger partial charge in [0.1, 0.15) is 24.5 Å². The first-order valence-electron chi connectivity index (χ1n) is 14.2. The molecule has 1 aliphatic rings. The Kier molecular flexibility index (Phi) is 10.0. The quantitative estimate of drug-likeness (QED) is 0.131. The molecule has 1 fully saturated rings. The molecular weight excluding hydrogens is 704 g/mol. The molecule has 4 amide bonds. The first-order valence-corrected chi connectivity index (χ1v) is 15.8. The first kappa shape index (κ1) is 32.0. The summed E-state index contributed by atoms with van der Waals surface area (Å²) in [6.07, 6.45) is 1.44. The number of urea groups is 1. The fraction of sp³-hybridized carbons (Fsp3) is 0.171. The van der Waals surface area contributed by atoms with E-state index in [-0.39, 0.29) is 12.2 Å². The molecule has 0 aliphatic carbocycles. The summed E-state index contributed by atoms with van der Waals surface area (Å²) in [4.78, 5) is 39.7. The number of nitrogens with zero attached hydrogens (tertiary/aromatic N) is 1. The second-order valence-corrected chi connectivity index (χ2v) is 12.0. The molecule has 0 saturated carbocycles. The van der Waals surface area contributed by atoms with Crippen molar-refractivity contribution >= 4 is 61.5 Å². The maximum atomic E-state index is 13.4. The van der Waals surface area contributed by atoms with Gasteiger partial charge >= 0.3 is 6.03 Å². The number of aryl methyl sites for hydroxylation is 2. The number of barbiturate groups is 1. The lowest BCUT2D eigenvalue weighted by molar-refractivity contribution is -0.122. The fourth-order valence-corrected chi connectivity index (χ4v) is 6.10. The minimum atomic E-state index is -0.792. The zero-order valence-corrected chi connectivity index (χ0v) is 28.0. The zero-order valence-electron chi connectivity index (χ0n) is 24.9. The summed E-state index contributed by atoms with van der Waals surface area (Å²) in [5.41, 5.74) is 4.63. The lowest BCUT2D eigenvalue weighted by atomic mass is 10.0. The highest BCUT2D eigenvalue weighted by Gasteiger charge is 2.37. The lowest BCUT2D eigenvalue weighted by Crippen LogP contribution is -2.54. The molecule has 10 heteroatoms. The summed E-state index contributed by atoms with van der Waals surface area (Å²) in [6, 6.07) is 23.5. The Bertz CT molecular complexity index is 1780. The van der Waals surface area contributed by atoms with Gasteiger partial charge < -0.3 is 14.2 Å². The van der Waals surface area contributed by atoms with E-state index < -0.39 is 17.8 Å². The number of nitrogens with one attached hydrogen (secondary N) is 1. The van der Waals surface area contributed by atoms with Crippen LogP contribution in [-0.2, 0) is 22.8 Å². The van der Waals surface area contributed by atoms with E-state index in [0.29, 0.717) is 50.7 Å². The van der Waals surface area contributed by atoms with Gasteiger partial charge in [-0.2, -0.15) is 0 Å². The summed E-state index contributed by atoms with van der Waals surface area (Å²) in [6.45, 7) is 6.89. The van der Waals surface area contributed by atoms with E-state index in [1.54, 1.807) is 24.3 Å². The van der Waals surface area contributed by atoms with E-state index in [9.17, 15) is 14.4 Å². The summed E-state index contributed by atoms with van der Waals surface area (Å²) >= 11 is 7.11. The van der Waals surface area contributed by atoms with Crippen LogP contribution in [0.5, 0.6) is 17.2 Å². The van der Waals surface area contributed by atoms with Crippen molar-refractivity contribution in [3.05, 3.63) is 121 Å². The molecule has 0 atom stereocenters. The maximum absolute atomic E-state index is 13.4. The van der Waals surface area contributed by atoms with E-state index in [2.05, 4.69) is 37.2 Å². The normalized spacial score (nSPS) is 14.0. The summed E-state index contributed by atoms with van der Waals surface area (Å²) in [5, 5.41) is 2.27. The van der Waals surface area contributed by atoms with Crippen LogP contribution in [-0.4, -0.2) is 24.5 Å². The molecule has 0 spiro atoms. The molecule has 1 saturated heterocycles. The second-order valence-electron chi connectivity index (χ2n) is 10.3. The number of carbonyl (C=O) groups excluding carboxylic acids is 3. The number of anilines is 1. The van der Waals surface area contributed by atoms with E-state index in [0.717, 1.165) is 27.2 Å². The van der Waals surface area contributed by atoms with Crippen molar-refractivity contribution in [1.29, 1.82) is 0 Å². The molecule has 1 N–H and O–H groups in total. The molecule has 45 heavy (non-hydrogen) atoms. The molecule has 0 bridgehead atoms. The average Bonchev–Trinajstić information content (AvgIpc) is 3.01. The molecule has 1 aliphatic heterocycles. The van der Waals surface area contributed by atoms with Crippen LogP contribution in [0.25, 0.3) is 6.08 Å². The number of halogens is 2. The molecule has 230 valence electrons. The van der Waals surface area contributed by atoms with E-state index >= 15 is 0 Å². The van der Waals surface area contributed by atoms with Crippen LogP contribution in [0.2, 0.25) is 0 Å². The summed E-state index contributed by atoms with van der Waals surface area (Å²) in [5.74, 6) is 0.326. The molecule has 0 unspecified atom stereocenters. The molecule has 5 rings (SSSR count). The van der Waals surface area contributed by atoms with Gasteiger partial charge in [-0.05, 0) is 123 Å². The second kappa shape index (κ2) is 14.1. The Labute approximate surface area is 278 Å². The van der Waals surface area contributed by atoms with E-state index in [1.165, 1.54) is 6.08 Å². The monoisotopic (exact) mass is 732 g/mol. The van der Waals surface area contributed by atoms with Crippen molar-refractivity contribution in [3.8, 4) is 17.2 Å². The van der Waals surface area contributed by atoms with Crippen molar-refractivity contribution < 1.29 is 28.6 Å². The van der Waals surface area contributed by atoms with Crippen molar-refractivity contribution in [2.75, 3.05) is 11.5 Å². The number of benzene rings is 4. The topological polar surface area (TPSA) is 94.2 Å². The van der Waals surface area contributed by atoms with Gasteiger partial charge in [-0.25, -0.2) is 9.69 Å². The highest BCUT2D eigenvalue weighted by atomic mass is 79.9. The standard InChI is InChI=1S/C35H30Br2N2O6/c1-4-43-31-18-24(11-13-30(31)44-19-23-8-6-5-7-9-23)20-45-32-28(36)16-25(17-29(32)37)15-27-33(40)38-35(42)39(34(27)41)26-12-10-21(2)22(3)14-26/h5-18H,4,19-20H2,1-3H3,(H,38,40,42)/b27-15-. The van der Waals surface area contributed by atoms with Crippen LogP contribution in [0.15, 0.2) is 93.4 Å². The Morgan fingerprint density at radius 2 is 1.47 bits per heavy atom. The molecule has 0 radical (unpaired) electrons. The van der Waals surface area contributed by atoms with Crippen LogP contribution < -0.4 is 24.4 Å². The van der Waals surface area contributed by atoms with Crippen molar-refractivity contribution in [3.63, 3.8) is 0 Å². The van der Waals surface area contributed by atoms with Gasteiger partial charge in [-0.15, -0.1) is 0 Å². The van der Waals surface area contributed by atoms with Gasteiger partial charge in [0.05, 0.1) is 21.2 Å². The smallest absolute Gasteiger partial charge is 0.335 e. The predicted molar refractivity (Wildman–Crippen MR) is 179 cm³/mol. The highest BCUT2D eigenvalue weighted by Crippen LogP contribution is 2.37. The SMILES string of the molecule is CCOc1cc(COc2c(Br)cc(/C=C3/C(=O)NC(=O)N(c4ccc(C)c(C)c4)C3=O)cc2Br)ccc1OCc1ccccc1. The first-order chi connectivity index (χ1) is 21.6. The highest BCUT2D eigenvalue weighted by molar-refractivity contribution is 9.11. The van der Waals surface area contributed by atoms with Crippen LogP contribution >= 0.6 is 31.9 Å². The van der Waals surface area contributed by atoms with Crippen molar-refractivity contribution in [2.24, 2.45) is 0 Å². The third kappa shape index (κ3) is 7.46. The average molecular weight is 734 g/mol. The Morgan fingerprint density at radius 1 is 0.756 bits per heavy atom. The number of imide groups is 2. The number of carbonyl (C=O) groups is 3. The predicted octanol–water partition coefficient (Wildman–Crippen LogP) is 8.05. The van der Waals surface area contributed by atoms with Crippen LogP contribution in [0.3, 0.4) is 0 Å². The van der Waals surface area contributed by atoms with E-state index in [4.69, 9.17) is 14.2 Å². The third-order valence-corrected chi connectivity index (χ3v) is 8.29.